The van der Waals surface area contributed by atoms with E-state index in [9.17, 15) is 4.79 Å². The summed E-state index contributed by atoms with van der Waals surface area (Å²) in [5.41, 5.74) is 2.27. The third-order valence-electron chi connectivity index (χ3n) is 3.54. The van der Waals surface area contributed by atoms with E-state index in [1.165, 1.54) is 5.56 Å². The van der Waals surface area contributed by atoms with Crippen molar-refractivity contribution in [3.8, 4) is 0 Å². The molecule has 1 atom stereocenters. The predicted octanol–water partition coefficient (Wildman–Crippen LogP) is 3.72. The van der Waals surface area contributed by atoms with Crippen LogP contribution < -0.4 is 0 Å². The summed E-state index contributed by atoms with van der Waals surface area (Å²) in [6.45, 7) is 0.437. The molecule has 0 bridgehead atoms. The van der Waals surface area contributed by atoms with Gasteiger partial charge in [-0.2, -0.15) is 0 Å². The molecule has 0 saturated carbocycles. The van der Waals surface area contributed by atoms with E-state index < -0.39 is 0 Å². The molecule has 2 aromatic carbocycles. The van der Waals surface area contributed by atoms with Crippen LogP contribution in [0, 0.1) is 0 Å². The SMILES string of the molecule is O=C1OC[C@H](Cc2ccccc2)N1/C=C/c1ccccc1. The van der Waals surface area contributed by atoms with Crippen LogP contribution in [0.2, 0.25) is 0 Å². The van der Waals surface area contributed by atoms with Gasteiger partial charge in [-0.25, -0.2) is 4.79 Å². The van der Waals surface area contributed by atoms with Gasteiger partial charge in [-0.1, -0.05) is 60.7 Å². The Morgan fingerprint density at radius 1 is 1.05 bits per heavy atom. The average Bonchev–Trinajstić information content (AvgIpc) is 2.87. The monoisotopic (exact) mass is 279 g/mol. The molecule has 0 N–H and O–H groups in total. The molecule has 0 aliphatic carbocycles. The van der Waals surface area contributed by atoms with Gasteiger partial charge < -0.3 is 4.74 Å². The Morgan fingerprint density at radius 2 is 1.71 bits per heavy atom. The Kier molecular flexibility index (Phi) is 4.01. The third-order valence-corrected chi connectivity index (χ3v) is 3.54. The second kappa shape index (κ2) is 6.27. The maximum absolute atomic E-state index is 11.8. The normalized spacial score (nSPS) is 18.2. The number of carbonyl (C=O) groups excluding carboxylic acids is 1. The molecule has 1 aliphatic rings. The standard InChI is InChI=1S/C18H17NO2/c20-18-19(12-11-15-7-3-1-4-8-15)17(14-21-18)13-16-9-5-2-6-10-16/h1-12,17H,13-14H2/b12-11+/t17-/m0/s1. The fraction of sp³-hybridized carbons (Fsp3) is 0.167. The Balaban J connectivity index is 1.72. The van der Waals surface area contributed by atoms with E-state index in [4.69, 9.17) is 4.74 Å². The van der Waals surface area contributed by atoms with E-state index in [1.807, 2.05) is 60.8 Å². The van der Waals surface area contributed by atoms with E-state index >= 15 is 0 Å². The van der Waals surface area contributed by atoms with Crippen LogP contribution in [0.1, 0.15) is 11.1 Å². The van der Waals surface area contributed by atoms with Gasteiger partial charge in [-0.15, -0.1) is 0 Å². The largest absolute Gasteiger partial charge is 0.447 e. The van der Waals surface area contributed by atoms with Crippen LogP contribution in [0.3, 0.4) is 0 Å². The van der Waals surface area contributed by atoms with E-state index in [2.05, 4.69) is 12.1 Å². The minimum Gasteiger partial charge on any atom is -0.447 e. The zero-order valence-corrected chi connectivity index (χ0v) is 11.7. The minimum atomic E-state index is -0.275. The summed E-state index contributed by atoms with van der Waals surface area (Å²) >= 11 is 0. The highest BCUT2D eigenvalue weighted by Gasteiger charge is 2.31. The number of carbonyl (C=O) groups is 1. The lowest BCUT2D eigenvalue weighted by atomic mass is 10.1. The Hall–Kier alpha value is -2.55. The van der Waals surface area contributed by atoms with Gasteiger partial charge in [0.15, 0.2) is 0 Å². The molecular formula is C18H17NO2. The quantitative estimate of drug-likeness (QED) is 0.853. The van der Waals surface area contributed by atoms with Crippen LogP contribution in [0.5, 0.6) is 0 Å². The Labute approximate surface area is 124 Å². The van der Waals surface area contributed by atoms with Gasteiger partial charge in [0.05, 0.1) is 6.04 Å². The van der Waals surface area contributed by atoms with Gasteiger partial charge in [0.25, 0.3) is 0 Å². The van der Waals surface area contributed by atoms with Crippen molar-refractivity contribution in [2.75, 3.05) is 6.61 Å². The van der Waals surface area contributed by atoms with E-state index in [-0.39, 0.29) is 12.1 Å². The summed E-state index contributed by atoms with van der Waals surface area (Å²) in [4.78, 5) is 13.5. The molecule has 0 unspecified atom stereocenters. The smallest absolute Gasteiger partial charge is 0.414 e. The van der Waals surface area contributed by atoms with E-state index in [1.54, 1.807) is 4.90 Å². The van der Waals surface area contributed by atoms with E-state index in [0.29, 0.717) is 6.61 Å². The molecule has 1 saturated heterocycles. The Bertz CT molecular complexity index is 622. The van der Waals surface area contributed by atoms with Gasteiger partial charge in [0, 0.05) is 6.20 Å². The van der Waals surface area contributed by atoms with Crippen molar-refractivity contribution in [1.29, 1.82) is 0 Å². The van der Waals surface area contributed by atoms with Crippen molar-refractivity contribution in [1.82, 2.24) is 4.90 Å². The molecule has 0 aromatic heterocycles. The summed E-state index contributed by atoms with van der Waals surface area (Å²) in [5.74, 6) is 0. The van der Waals surface area contributed by atoms with Crippen LogP contribution in [0.15, 0.2) is 66.9 Å². The first-order valence-corrected chi connectivity index (χ1v) is 7.05. The number of amides is 1. The first-order valence-electron chi connectivity index (χ1n) is 7.05. The highest BCUT2D eigenvalue weighted by molar-refractivity contribution is 5.72. The first kappa shape index (κ1) is 13.4. The van der Waals surface area contributed by atoms with Crippen molar-refractivity contribution in [3.05, 3.63) is 78.0 Å². The highest BCUT2D eigenvalue weighted by Crippen LogP contribution is 2.18. The number of cyclic esters (lactones) is 1. The fourth-order valence-corrected chi connectivity index (χ4v) is 2.43. The van der Waals surface area contributed by atoms with Crippen LogP contribution in [0.4, 0.5) is 4.79 Å². The lowest BCUT2D eigenvalue weighted by Crippen LogP contribution is -2.30. The second-order valence-electron chi connectivity index (χ2n) is 5.05. The average molecular weight is 279 g/mol. The van der Waals surface area contributed by atoms with Gasteiger partial charge in [0.2, 0.25) is 0 Å². The second-order valence-corrected chi connectivity index (χ2v) is 5.05. The minimum absolute atomic E-state index is 0.0554. The molecule has 1 aliphatic heterocycles. The maximum atomic E-state index is 11.8. The summed E-state index contributed by atoms with van der Waals surface area (Å²) in [6.07, 6.45) is 4.28. The van der Waals surface area contributed by atoms with Crippen LogP contribution in [-0.2, 0) is 11.2 Å². The lowest BCUT2D eigenvalue weighted by Gasteiger charge is -2.17. The van der Waals surface area contributed by atoms with Gasteiger partial charge in [0.1, 0.15) is 6.61 Å². The predicted molar refractivity (Wildman–Crippen MR) is 82.6 cm³/mol. The molecule has 106 valence electrons. The number of benzene rings is 2. The molecule has 0 radical (unpaired) electrons. The van der Waals surface area contributed by atoms with Crippen molar-refractivity contribution >= 4 is 12.2 Å². The molecule has 1 heterocycles. The van der Waals surface area contributed by atoms with E-state index in [0.717, 1.165) is 12.0 Å². The fourth-order valence-electron chi connectivity index (χ4n) is 2.43. The molecule has 3 heteroatoms. The van der Waals surface area contributed by atoms with Gasteiger partial charge in [-0.05, 0) is 23.6 Å². The summed E-state index contributed by atoms with van der Waals surface area (Å²) in [5, 5.41) is 0. The summed E-state index contributed by atoms with van der Waals surface area (Å²) in [7, 11) is 0. The summed E-state index contributed by atoms with van der Waals surface area (Å²) in [6, 6.07) is 20.1. The van der Waals surface area contributed by atoms with Crippen molar-refractivity contribution < 1.29 is 9.53 Å². The van der Waals surface area contributed by atoms with Gasteiger partial charge >= 0.3 is 6.09 Å². The maximum Gasteiger partial charge on any atom is 0.414 e. The van der Waals surface area contributed by atoms with Crippen molar-refractivity contribution in [2.45, 2.75) is 12.5 Å². The molecule has 1 amide bonds. The van der Waals surface area contributed by atoms with Crippen LogP contribution >= 0.6 is 0 Å². The molecule has 3 nitrogen and oxygen atoms in total. The number of ether oxygens (including phenoxy) is 1. The zero-order valence-electron chi connectivity index (χ0n) is 11.7. The number of rotatable bonds is 4. The number of nitrogens with zero attached hydrogens (tertiary/aromatic N) is 1. The summed E-state index contributed by atoms with van der Waals surface area (Å²) < 4.78 is 5.17. The zero-order chi connectivity index (χ0) is 14.5. The van der Waals surface area contributed by atoms with Crippen LogP contribution in [-0.4, -0.2) is 23.6 Å². The number of hydrogen-bond donors (Lipinski definition) is 0. The molecule has 2 aromatic rings. The number of hydrogen-bond acceptors (Lipinski definition) is 2. The molecule has 1 fully saturated rings. The van der Waals surface area contributed by atoms with Crippen molar-refractivity contribution in [2.24, 2.45) is 0 Å². The molecule has 3 rings (SSSR count). The first-order chi connectivity index (χ1) is 10.3. The molecule has 21 heavy (non-hydrogen) atoms. The Morgan fingerprint density at radius 3 is 2.43 bits per heavy atom. The highest BCUT2D eigenvalue weighted by atomic mass is 16.6. The van der Waals surface area contributed by atoms with Crippen LogP contribution in [0.25, 0.3) is 6.08 Å². The lowest BCUT2D eigenvalue weighted by molar-refractivity contribution is 0.166. The topological polar surface area (TPSA) is 29.5 Å². The third kappa shape index (κ3) is 3.31. The molecular weight excluding hydrogens is 262 g/mol. The van der Waals surface area contributed by atoms with Crippen molar-refractivity contribution in [3.63, 3.8) is 0 Å². The molecule has 0 spiro atoms. The van der Waals surface area contributed by atoms with Gasteiger partial charge in [-0.3, -0.25) is 4.90 Å².